The Morgan fingerprint density at radius 3 is 2.88 bits per heavy atom. The van der Waals surface area contributed by atoms with Crippen LogP contribution in [0.4, 0.5) is 0 Å². The molecule has 3 heterocycles. The molecule has 0 unspecified atom stereocenters. The maximum atomic E-state index is 12.7. The number of amides is 1. The van der Waals surface area contributed by atoms with Crippen LogP contribution < -0.4 is 4.74 Å². The fourth-order valence-corrected chi connectivity index (χ4v) is 3.35. The summed E-state index contributed by atoms with van der Waals surface area (Å²) in [5.74, 6) is 1.23. The Morgan fingerprint density at radius 1 is 1.28 bits per heavy atom. The fourth-order valence-electron chi connectivity index (χ4n) is 3.35. The molecule has 1 aromatic carbocycles. The van der Waals surface area contributed by atoms with Crippen LogP contribution in [0.5, 0.6) is 5.88 Å². The number of aryl methyl sites for hydroxylation is 2. The Morgan fingerprint density at radius 2 is 2.12 bits per heavy atom. The van der Waals surface area contributed by atoms with Gasteiger partial charge >= 0.3 is 0 Å². The zero-order valence-electron chi connectivity index (χ0n) is 14.6. The molecule has 25 heavy (non-hydrogen) atoms. The quantitative estimate of drug-likeness (QED) is 0.715. The van der Waals surface area contributed by atoms with Crippen LogP contribution in [0, 0.1) is 13.8 Å². The number of carbonyl (C=O) groups is 1. The predicted molar refractivity (Wildman–Crippen MR) is 94.3 cm³/mol. The third kappa shape index (κ3) is 2.86. The summed E-state index contributed by atoms with van der Waals surface area (Å²) in [6, 6.07) is 9.97. The van der Waals surface area contributed by atoms with Gasteiger partial charge in [0.2, 0.25) is 5.88 Å². The molecule has 0 aliphatic carbocycles. The zero-order chi connectivity index (χ0) is 17.6. The van der Waals surface area contributed by atoms with Crippen molar-refractivity contribution in [3.8, 4) is 5.88 Å². The van der Waals surface area contributed by atoms with Crippen LogP contribution in [0.2, 0.25) is 0 Å². The molecule has 1 aliphatic rings. The molecule has 1 amide bonds. The summed E-state index contributed by atoms with van der Waals surface area (Å²) in [7, 11) is 0. The van der Waals surface area contributed by atoms with E-state index in [4.69, 9.17) is 9.15 Å². The number of aromatic nitrogens is 1. The monoisotopic (exact) mass is 336 g/mol. The molecule has 0 N–H and O–H groups in total. The summed E-state index contributed by atoms with van der Waals surface area (Å²) in [5, 5.41) is 1.09. The van der Waals surface area contributed by atoms with Gasteiger partial charge in [-0.3, -0.25) is 4.79 Å². The fraction of sp³-hybridized carbons (Fsp3) is 0.300. The first kappa shape index (κ1) is 15.7. The molecule has 0 saturated heterocycles. The molecule has 0 radical (unpaired) electrons. The topological polar surface area (TPSA) is 55.6 Å². The first-order chi connectivity index (χ1) is 12.0. The van der Waals surface area contributed by atoms with Crippen LogP contribution in [0.1, 0.15) is 29.4 Å². The van der Waals surface area contributed by atoms with Crippen molar-refractivity contribution in [1.29, 1.82) is 0 Å². The van der Waals surface area contributed by atoms with Gasteiger partial charge in [-0.25, -0.2) is 4.98 Å². The number of benzene rings is 1. The predicted octanol–water partition coefficient (Wildman–Crippen LogP) is 3.75. The number of hydrogen-bond donors (Lipinski definition) is 0. The van der Waals surface area contributed by atoms with Gasteiger partial charge in [0.1, 0.15) is 5.76 Å². The number of furan rings is 1. The molecule has 2 aromatic heterocycles. The maximum absolute atomic E-state index is 12.7. The lowest BCUT2D eigenvalue weighted by Gasteiger charge is -2.20. The number of nitrogens with zero attached hydrogens (tertiary/aromatic N) is 2. The third-order valence-electron chi connectivity index (χ3n) is 4.56. The second-order valence-corrected chi connectivity index (χ2v) is 6.63. The van der Waals surface area contributed by atoms with Crippen molar-refractivity contribution in [2.45, 2.75) is 40.0 Å². The van der Waals surface area contributed by atoms with Gasteiger partial charge in [0.05, 0.1) is 24.9 Å². The van der Waals surface area contributed by atoms with E-state index >= 15 is 0 Å². The Bertz CT molecular complexity index is 947. The molecule has 0 fully saturated rings. The number of ether oxygens (including phenoxy) is 1. The minimum absolute atomic E-state index is 0.0636. The van der Waals surface area contributed by atoms with Gasteiger partial charge in [-0.2, -0.15) is 0 Å². The summed E-state index contributed by atoms with van der Waals surface area (Å²) in [6.45, 7) is 6.77. The molecule has 1 aliphatic heterocycles. The lowest BCUT2D eigenvalue weighted by atomic mass is 10.0. The molecule has 4 rings (SSSR count). The average Bonchev–Trinajstić information content (AvgIpc) is 3.03. The molecule has 0 saturated carbocycles. The Hall–Kier alpha value is -2.82. The van der Waals surface area contributed by atoms with Crippen molar-refractivity contribution in [1.82, 2.24) is 9.88 Å². The number of carbonyl (C=O) groups excluding carboxylic acids is 1. The highest BCUT2D eigenvalue weighted by Gasteiger charge is 2.29. The van der Waals surface area contributed by atoms with Crippen molar-refractivity contribution in [3.63, 3.8) is 0 Å². The van der Waals surface area contributed by atoms with E-state index in [1.165, 1.54) is 5.56 Å². The van der Waals surface area contributed by atoms with Crippen molar-refractivity contribution in [2.75, 3.05) is 0 Å². The highest BCUT2D eigenvalue weighted by molar-refractivity contribution is 5.86. The normalized spacial score (nSPS) is 17.3. The van der Waals surface area contributed by atoms with Crippen LogP contribution in [0.25, 0.3) is 10.9 Å². The van der Waals surface area contributed by atoms with Crippen molar-refractivity contribution < 1.29 is 13.9 Å². The van der Waals surface area contributed by atoms with Gasteiger partial charge < -0.3 is 14.1 Å². The number of rotatable bonds is 2. The van der Waals surface area contributed by atoms with E-state index in [9.17, 15) is 4.79 Å². The van der Waals surface area contributed by atoms with E-state index in [1.807, 2.05) is 18.2 Å². The van der Waals surface area contributed by atoms with Crippen molar-refractivity contribution >= 4 is 16.8 Å². The minimum Gasteiger partial charge on any atom is -0.467 e. The first-order valence-electron chi connectivity index (χ1n) is 8.40. The SMILES string of the molecule is Cc1cc(C)c2cc3c(nc2c1)O[C@H](C)C(=O)N(Cc1ccco1)C3. The van der Waals surface area contributed by atoms with Crippen LogP contribution in [-0.4, -0.2) is 21.9 Å². The van der Waals surface area contributed by atoms with Gasteiger partial charge in [-0.1, -0.05) is 6.07 Å². The van der Waals surface area contributed by atoms with E-state index in [0.29, 0.717) is 19.0 Å². The molecule has 5 heteroatoms. The van der Waals surface area contributed by atoms with E-state index in [0.717, 1.165) is 27.8 Å². The van der Waals surface area contributed by atoms with Gasteiger partial charge in [-0.05, 0) is 56.2 Å². The first-order valence-corrected chi connectivity index (χ1v) is 8.40. The van der Waals surface area contributed by atoms with Crippen molar-refractivity contribution in [3.05, 3.63) is 59.0 Å². The Labute approximate surface area is 146 Å². The van der Waals surface area contributed by atoms with Gasteiger partial charge in [0.25, 0.3) is 5.91 Å². The molecule has 128 valence electrons. The van der Waals surface area contributed by atoms with Gasteiger partial charge in [0.15, 0.2) is 6.10 Å². The van der Waals surface area contributed by atoms with E-state index in [-0.39, 0.29) is 5.91 Å². The Kier molecular flexibility index (Phi) is 3.71. The van der Waals surface area contributed by atoms with Crippen LogP contribution >= 0.6 is 0 Å². The molecule has 0 spiro atoms. The van der Waals surface area contributed by atoms with Crippen molar-refractivity contribution in [2.24, 2.45) is 0 Å². The summed E-state index contributed by atoms with van der Waals surface area (Å²) in [6.07, 6.45) is 1.04. The van der Waals surface area contributed by atoms with Crippen LogP contribution in [-0.2, 0) is 17.9 Å². The maximum Gasteiger partial charge on any atom is 0.264 e. The summed E-state index contributed by atoms with van der Waals surface area (Å²) in [5.41, 5.74) is 4.15. The molecule has 3 aromatic rings. The second-order valence-electron chi connectivity index (χ2n) is 6.63. The van der Waals surface area contributed by atoms with E-state index in [1.54, 1.807) is 18.1 Å². The lowest BCUT2D eigenvalue weighted by molar-refractivity contribution is -0.138. The highest BCUT2D eigenvalue weighted by Crippen LogP contribution is 2.30. The van der Waals surface area contributed by atoms with E-state index in [2.05, 4.69) is 31.0 Å². The summed E-state index contributed by atoms with van der Waals surface area (Å²) < 4.78 is 11.3. The number of hydrogen-bond acceptors (Lipinski definition) is 4. The molecule has 5 nitrogen and oxygen atoms in total. The standard InChI is InChI=1S/C20H20N2O3/c1-12-7-13(2)17-9-15-10-22(11-16-5-4-6-24-16)20(23)14(3)25-19(15)21-18(17)8-12/h4-9,14H,10-11H2,1-3H3/t14-/m1/s1. The summed E-state index contributed by atoms with van der Waals surface area (Å²) >= 11 is 0. The largest absolute Gasteiger partial charge is 0.467 e. The molecular formula is C20H20N2O3. The lowest BCUT2D eigenvalue weighted by Crippen LogP contribution is -2.37. The molecule has 1 atom stereocenters. The Balaban J connectivity index is 1.78. The van der Waals surface area contributed by atoms with Gasteiger partial charge in [-0.15, -0.1) is 0 Å². The van der Waals surface area contributed by atoms with Gasteiger partial charge in [0, 0.05) is 10.9 Å². The van der Waals surface area contributed by atoms with Crippen LogP contribution in [0.15, 0.2) is 41.0 Å². The molecule has 0 bridgehead atoms. The average molecular weight is 336 g/mol. The minimum atomic E-state index is -0.577. The second kappa shape index (κ2) is 5.92. The number of pyridine rings is 1. The molecular weight excluding hydrogens is 316 g/mol. The number of fused-ring (bicyclic) bond motifs is 2. The zero-order valence-corrected chi connectivity index (χ0v) is 14.6. The smallest absolute Gasteiger partial charge is 0.264 e. The summed E-state index contributed by atoms with van der Waals surface area (Å²) in [4.78, 5) is 19.1. The van der Waals surface area contributed by atoms with Crippen LogP contribution in [0.3, 0.4) is 0 Å². The highest BCUT2D eigenvalue weighted by atomic mass is 16.5. The van der Waals surface area contributed by atoms with E-state index < -0.39 is 6.10 Å². The third-order valence-corrected chi connectivity index (χ3v) is 4.56.